The van der Waals surface area contributed by atoms with Crippen LogP contribution in [-0.4, -0.2) is 0 Å². The van der Waals surface area contributed by atoms with Gasteiger partial charge in [0.1, 0.15) is 11.5 Å². The molecule has 0 amide bonds. The van der Waals surface area contributed by atoms with Crippen LogP contribution in [0.3, 0.4) is 0 Å². The molecule has 0 N–H and O–H groups in total. The Morgan fingerprint density at radius 3 is 1.82 bits per heavy atom. The minimum atomic E-state index is -0.566. The quantitative estimate of drug-likeness (QED) is 0.177. The van der Waals surface area contributed by atoms with E-state index in [1.54, 1.807) is 0 Å². The normalized spacial score (nSPS) is 13.3. The Bertz CT molecular complexity index is 3170. The summed E-state index contributed by atoms with van der Waals surface area (Å²) >= 11 is 0. The lowest BCUT2D eigenvalue weighted by molar-refractivity contribution is 0.487. The summed E-state index contributed by atoms with van der Waals surface area (Å²) in [5.41, 5.74) is 14.4. The molecular formula is C55H34O. The zero-order valence-corrected chi connectivity index (χ0v) is 30.5. The number of hydrogen-bond donors (Lipinski definition) is 0. The van der Waals surface area contributed by atoms with Crippen LogP contribution >= 0.6 is 0 Å². The summed E-state index contributed by atoms with van der Waals surface area (Å²) in [4.78, 5) is 0. The van der Waals surface area contributed by atoms with E-state index < -0.39 is 5.41 Å². The molecule has 0 saturated carbocycles. The van der Waals surface area contributed by atoms with Gasteiger partial charge in [-0.2, -0.15) is 0 Å². The molecule has 10 aromatic rings. The number of ether oxygens (including phenoxy) is 1. The molecule has 0 atom stereocenters. The van der Waals surface area contributed by atoms with Gasteiger partial charge < -0.3 is 4.74 Å². The molecule has 2 aliphatic rings. The van der Waals surface area contributed by atoms with Crippen LogP contribution in [0.1, 0.15) is 22.3 Å². The topological polar surface area (TPSA) is 9.23 Å². The minimum absolute atomic E-state index is 0.566. The third-order valence-electron chi connectivity index (χ3n) is 12.3. The third kappa shape index (κ3) is 4.26. The molecule has 1 aliphatic heterocycles. The molecule has 1 nitrogen and oxygen atoms in total. The smallest absolute Gasteiger partial charge is 0.135 e. The number of benzene rings is 10. The molecule has 0 unspecified atom stereocenters. The van der Waals surface area contributed by atoms with Gasteiger partial charge in [0.05, 0.1) is 5.41 Å². The maximum atomic E-state index is 6.52. The van der Waals surface area contributed by atoms with Crippen LogP contribution in [0.5, 0.6) is 11.5 Å². The van der Waals surface area contributed by atoms with Crippen LogP contribution < -0.4 is 4.74 Å². The maximum Gasteiger partial charge on any atom is 0.135 e. The van der Waals surface area contributed by atoms with Crippen LogP contribution in [0.2, 0.25) is 0 Å². The second-order valence-electron chi connectivity index (χ2n) is 15.1. The average molecular weight is 711 g/mol. The predicted octanol–water partition coefficient (Wildman–Crippen LogP) is 14.6. The molecule has 0 radical (unpaired) electrons. The highest BCUT2D eigenvalue weighted by Gasteiger charge is 2.48. The zero-order chi connectivity index (χ0) is 36.8. The van der Waals surface area contributed by atoms with Crippen molar-refractivity contribution in [2.45, 2.75) is 5.41 Å². The number of rotatable bonds is 4. The highest BCUT2D eigenvalue weighted by Crippen LogP contribution is 2.61. The second kappa shape index (κ2) is 11.9. The first-order chi connectivity index (χ1) is 27.8. The van der Waals surface area contributed by atoms with E-state index in [9.17, 15) is 0 Å². The Labute approximate surface area is 325 Å². The molecule has 0 saturated heterocycles. The lowest BCUT2D eigenvalue weighted by Gasteiger charge is -2.35. The van der Waals surface area contributed by atoms with Crippen LogP contribution in [0.15, 0.2) is 206 Å². The van der Waals surface area contributed by atoms with Gasteiger partial charge in [0.25, 0.3) is 0 Å². The highest BCUT2D eigenvalue weighted by atomic mass is 16.5. The Kier molecular flexibility index (Phi) is 6.62. The van der Waals surface area contributed by atoms with Crippen molar-refractivity contribution >= 4 is 32.3 Å². The van der Waals surface area contributed by atoms with Crippen LogP contribution in [0.25, 0.3) is 76.8 Å². The van der Waals surface area contributed by atoms with Crippen molar-refractivity contribution in [3.05, 3.63) is 229 Å². The van der Waals surface area contributed by atoms with Crippen LogP contribution in [-0.2, 0) is 5.41 Å². The fraction of sp³-hybridized carbons (Fsp3) is 0.0182. The molecule has 12 rings (SSSR count). The van der Waals surface area contributed by atoms with Crippen molar-refractivity contribution < 1.29 is 4.74 Å². The van der Waals surface area contributed by atoms with Crippen molar-refractivity contribution in [1.82, 2.24) is 0 Å². The van der Waals surface area contributed by atoms with E-state index in [1.165, 1.54) is 88.1 Å². The highest BCUT2D eigenvalue weighted by molar-refractivity contribution is 6.13. The molecule has 56 heavy (non-hydrogen) atoms. The average Bonchev–Trinajstić information content (AvgIpc) is 3.59. The van der Waals surface area contributed by atoms with Gasteiger partial charge >= 0.3 is 0 Å². The second-order valence-corrected chi connectivity index (χ2v) is 15.1. The summed E-state index contributed by atoms with van der Waals surface area (Å²) < 4.78 is 6.52. The molecule has 1 aliphatic carbocycles. The summed E-state index contributed by atoms with van der Waals surface area (Å²) in [5, 5.41) is 7.34. The fourth-order valence-electron chi connectivity index (χ4n) is 10.0. The van der Waals surface area contributed by atoms with E-state index in [-0.39, 0.29) is 0 Å². The van der Waals surface area contributed by atoms with Crippen LogP contribution in [0, 0.1) is 0 Å². The summed E-state index contributed by atoms with van der Waals surface area (Å²) in [6.45, 7) is 0. The molecule has 0 bridgehead atoms. The zero-order valence-electron chi connectivity index (χ0n) is 30.5. The Morgan fingerprint density at radius 1 is 0.339 bits per heavy atom. The molecule has 1 heteroatoms. The maximum absolute atomic E-state index is 6.52. The molecule has 260 valence electrons. The van der Waals surface area contributed by atoms with E-state index in [0.29, 0.717) is 0 Å². The Hall–Kier alpha value is -7.22. The third-order valence-corrected chi connectivity index (χ3v) is 12.3. The minimum Gasteiger partial charge on any atom is -0.456 e. The molecule has 1 heterocycles. The Morgan fingerprint density at radius 2 is 0.982 bits per heavy atom. The summed E-state index contributed by atoms with van der Waals surface area (Å²) in [6.07, 6.45) is 0. The summed E-state index contributed by atoms with van der Waals surface area (Å²) in [6, 6.07) is 76.0. The van der Waals surface area contributed by atoms with Gasteiger partial charge in [0, 0.05) is 10.9 Å². The van der Waals surface area contributed by atoms with Gasteiger partial charge in [-0.25, -0.2) is 0 Å². The number of fused-ring (bicyclic) bond motifs is 8. The number of para-hydroxylation sites is 1. The van der Waals surface area contributed by atoms with Gasteiger partial charge in [-0.15, -0.1) is 0 Å². The molecule has 0 fully saturated rings. The van der Waals surface area contributed by atoms with Crippen LogP contribution in [0.4, 0.5) is 0 Å². The number of hydrogen-bond acceptors (Lipinski definition) is 1. The first-order valence-corrected chi connectivity index (χ1v) is 19.4. The Balaban J connectivity index is 1.23. The monoisotopic (exact) mass is 710 g/mol. The van der Waals surface area contributed by atoms with Crippen molar-refractivity contribution in [2.75, 3.05) is 0 Å². The molecular weight excluding hydrogens is 677 g/mol. The van der Waals surface area contributed by atoms with Gasteiger partial charge in [0.2, 0.25) is 0 Å². The van der Waals surface area contributed by atoms with Gasteiger partial charge in [-0.3, -0.25) is 0 Å². The van der Waals surface area contributed by atoms with E-state index in [0.717, 1.165) is 22.4 Å². The first kappa shape index (κ1) is 31.2. The molecule has 0 aromatic heterocycles. The largest absolute Gasteiger partial charge is 0.456 e. The van der Waals surface area contributed by atoms with E-state index in [1.807, 2.05) is 6.07 Å². The van der Waals surface area contributed by atoms with E-state index >= 15 is 0 Å². The van der Waals surface area contributed by atoms with Crippen molar-refractivity contribution in [1.29, 1.82) is 0 Å². The van der Waals surface area contributed by atoms with Crippen molar-refractivity contribution in [3.63, 3.8) is 0 Å². The van der Waals surface area contributed by atoms with E-state index in [2.05, 4.69) is 200 Å². The molecule has 0 spiro atoms. The van der Waals surface area contributed by atoms with E-state index in [4.69, 9.17) is 4.74 Å². The van der Waals surface area contributed by atoms with Crippen molar-refractivity contribution in [2.24, 2.45) is 0 Å². The first-order valence-electron chi connectivity index (χ1n) is 19.4. The predicted molar refractivity (Wildman–Crippen MR) is 233 cm³/mol. The summed E-state index contributed by atoms with van der Waals surface area (Å²) in [5.74, 6) is 1.81. The lowest BCUT2D eigenvalue weighted by Crippen LogP contribution is -2.28. The van der Waals surface area contributed by atoms with Crippen molar-refractivity contribution in [3.8, 4) is 56.0 Å². The SMILES string of the molecule is c1ccc(C2(c3ccccc3)c3ccccc3-c3c(-c4cccc5ccccc45)cc4ccc(-c5ccc6c7c(cccc57)-c5ccccc5O6)cc4c32)cc1. The lowest BCUT2D eigenvalue weighted by atomic mass is 9.66. The summed E-state index contributed by atoms with van der Waals surface area (Å²) in [7, 11) is 0. The molecule has 10 aromatic carbocycles. The standard InChI is InChI=1S/C55H34O/c1-3-17-38(18-4-1)55(39-19-5-2-6-20-39)49-27-11-9-23-46(49)53-48(42-24-13-16-35-15-7-8-21-40(35)42)34-37-30-29-36(33-47(37)54(53)55)41-31-32-51-52-44(41)25-14-26-45(52)43-22-10-12-28-50(43)56-51/h1-34H. The van der Waals surface area contributed by atoms with Gasteiger partial charge in [0.15, 0.2) is 0 Å². The van der Waals surface area contributed by atoms with Gasteiger partial charge in [-0.05, 0) is 112 Å². The fourth-order valence-corrected chi connectivity index (χ4v) is 10.0. The van der Waals surface area contributed by atoms with Gasteiger partial charge in [-0.1, -0.05) is 182 Å².